The predicted molar refractivity (Wildman–Crippen MR) is 170 cm³/mol. The molecule has 0 bridgehead atoms. The van der Waals surface area contributed by atoms with Crippen molar-refractivity contribution in [2.45, 2.75) is 26.1 Å². The number of benzene rings is 4. The van der Waals surface area contributed by atoms with Crippen LogP contribution in [0.2, 0.25) is 5.02 Å². The summed E-state index contributed by atoms with van der Waals surface area (Å²) >= 11 is 6.18. The number of carbonyl (C=O) groups excluding carboxylic acids is 1. The van der Waals surface area contributed by atoms with E-state index in [1.54, 1.807) is 48.5 Å². The molecule has 0 spiro atoms. The first-order valence-corrected chi connectivity index (χ1v) is 15.7. The number of halogens is 1. The summed E-state index contributed by atoms with van der Waals surface area (Å²) in [4.78, 5) is 14.0. The molecule has 4 rings (SSSR count). The number of aliphatic hydroxyl groups is 1. The van der Waals surface area contributed by atoms with Crippen LogP contribution >= 0.6 is 11.6 Å². The molecule has 226 valence electrons. The fraction of sp³-hybridized carbons (Fsp3) is 0.219. The lowest BCUT2D eigenvalue weighted by Gasteiger charge is -2.32. The van der Waals surface area contributed by atoms with Gasteiger partial charge in [-0.25, -0.2) is 8.42 Å². The number of rotatable bonds is 13. The van der Waals surface area contributed by atoms with E-state index >= 15 is 0 Å². The summed E-state index contributed by atoms with van der Waals surface area (Å²) < 4.78 is 38.4. The van der Waals surface area contributed by atoms with Crippen LogP contribution < -0.4 is 24.8 Å². The number of nitrogens with one attached hydrogen (secondary N) is 1. The molecule has 0 heterocycles. The number of amides is 1. The van der Waals surface area contributed by atoms with Gasteiger partial charge in [-0.15, -0.1) is 0 Å². The van der Waals surface area contributed by atoms with Gasteiger partial charge in [-0.3, -0.25) is 9.52 Å². The Bertz CT molecular complexity index is 1680. The van der Waals surface area contributed by atoms with Crippen molar-refractivity contribution >= 4 is 44.6 Å². The van der Waals surface area contributed by atoms with Crippen molar-refractivity contribution in [1.82, 2.24) is 0 Å². The van der Waals surface area contributed by atoms with Crippen molar-refractivity contribution in [1.29, 1.82) is 0 Å². The quantitative estimate of drug-likeness (QED) is 0.179. The predicted octanol–water partition coefficient (Wildman–Crippen LogP) is 5.51. The highest BCUT2D eigenvalue weighted by Gasteiger charge is 2.24. The zero-order valence-corrected chi connectivity index (χ0v) is 25.7. The maximum absolute atomic E-state index is 12.2. The Morgan fingerprint density at radius 3 is 2.33 bits per heavy atom. The molecule has 0 saturated carbocycles. The van der Waals surface area contributed by atoms with E-state index < -0.39 is 22.0 Å². The Hall–Kier alpha value is -4.25. The maximum Gasteiger partial charge on any atom is 0.229 e. The van der Waals surface area contributed by atoms with Crippen molar-refractivity contribution in [3.05, 3.63) is 112 Å². The van der Waals surface area contributed by atoms with E-state index in [0.29, 0.717) is 39.0 Å². The molecule has 0 fully saturated rings. The number of carbonyl (C=O) groups is 1. The van der Waals surface area contributed by atoms with E-state index in [4.69, 9.17) is 26.8 Å². The molecule has 0 aliphatic carbocycles. The second kappa shape index (κ2) is 13.8. The Balaban J connectivity index is 1.74. The number of aliphatic hydroxyl groups excluding tert-OH is 1. The smallest absolute Gasteiger partial charge is 0.229 e. The zero-order chi connectivity index (χ0) is 31.1. The SMILES string of the molecule is COc1ccc(C)c(N(CC(O)c2ccc(OCc3ccccc3)c(NS(C)(=O)=O)c2)c2ccc(Cl)cc2)c1CC(N)=O. The molecule has 11 heteroatoms. The van der Waals surface area contributed by atoms with Crippen LogP contribution in [0.5, 0.6) is 11.5 Å². The summed E-state index contributed by atoms with van der Waals surface area (Å²) in [5.74, 6) is 0.254. The fourth-order valence-corrected chi connectivity index (χ4v) is 5.45. The minimum absolute atomic E-state index is 0.0317. The van der Waals surface area contributed by atoms with Gasteiger partial charge in [-0.05, 0) is 66.1 Å². The van der Waals surface area contributed by atoms with Crippen LogP contribution in [-0.2, 0) is 27.8 Å². The Morgan fingerprint density at radius 1 is 1.02 bits per heavy atom. The molecule has 4 aromatic rings. The minimum atomic E-state index is -3.66. The summed E-state index contributed by atoms with van der Waals surface area (Å²) in [5, 5.41) is 12.1. The monoisotopic (exact) mass is 623 g/mol. The van der Waals surface area contributed by atoms with Crippen LogP contribution in [0.1, 0.15) is 28.4 Å². The molecule has 0 radical (unpaired) electrons. The molecular weight excluding hydrogens is 590 g/mol. The number of hydrogen-bond donors (Lipinski definition) is 3. The van der Waals surface area contributed by atoms with E-state index in [0.717, 1.165) is 17.4 Å². The lowest BCUT2D eigenvalue weighted by molar-refractivity contribution is -0.117. The molecule has 0 aromatic heterocycles. The number of nitrogens with two attached hydrogens (primary N) is 1. The first kappa shape index (κ1) is 31.7. The molecule has 0 aliphatic heterocycles. The average molecular weight is 624 g/mol. The van der Waals surface area contributed by atoms with Gasteiger partial charge in [0.2, 0.25) is 15.9 Å². The maximum atomic E-state index is 12.2. The minimum Gasteiger partial charge on any atom is -0.496 e. The summed E-state index contributed by atoms with van der Waals surface area (Å²) in [6.45, 7) is 2.15. The first-order chi connectivity index (χ1) is 20.4. The molecule has 1 atom stereocenters. The third-order valence-electron chi connectivity index (χ3n) is 6.70. The first-order valence-electron chi connectivity index (χ1n) is 13.4. The highest BCUT2D eigenvalue weighted by atomic mass is 35.5. The largest absolute Gasteiger partial charge is 0.496 e. The van der Waals surface area contributed by atoms with E-state index in [2.05, 4.69) is 4.72 Å². The van der Waals surface area contributed by atoms with Crippen LogP contribution in [-0.4, -0.2) is 39.3 Å². The Morgan fingerprint density at radius 2 is 1.70 bits per heavy atom. The summed E-state index contributed by atoms with van der Waals surface area (Å²) in [5.41, 5.74) is 9.90. The molecule has 43 heavy (non-hydrogen) atoms. The summed E-state index contributed by atoms with van der Waals surface area (Å²) in [6.07, 6.45) is -0.146. The molecule has 9 nitrogen and oxygen atoms in total. The lowest BCUT2D eigenvalue weighted by atomic mass is 10.00. The Kier molecular flexibility index (Phi) is 10.2. The number of methoxy groups -OCH3 is 1. The Labute approximate surface area is 256 Å². The number of aryl methyl sites for hydroxylation is 1. The van der Waals surface area contributed by atoms with Crippen molar-refractivity contribution in [3.8, 4) is 11.5 Å². The molecule has 1 unspecified atom stereocenters. The highest BCUT2D eigenvalue weighted by molar-refractivity contribution is 7.92. The molecule has 1 amide bonds. The van der Waals surface area contributed by atoms with Gasteiger partial charge in [-0.1, -0.05) is 54.1 Å². The summed E-state index contributed by atoms with van der Waals surface area (Å²) in [7, 11) is -2.15. The second-order valence-electron chi connectivity index (χ2n) is 10.1. The third kappa shape index (κ3) is 8.41. The van der Waals surface area contributed by atoms with Gasteiger partial charge in [-0.2, -0.15) is 0 Å². The normalized spacial score (nSPS) is 11.9. The van der Waals surface area contributed by atoms with Gasteiger partial charge in [0.25, 0.3) is 0 Å². The second-order valence-corrected chi connectivity index (χ2v) is 12.2. The third-order valence-corrected chi connectivity index (χ3v) is 7.54. The van der Waals surface area contributed by atoms with E-state index in [9.17, 15) is 18.3 Å². The lowest BCUT2D eigenvalue weighted by Crippen LogP contribution is -2.27. The number of primary amides is 1. The number of hydrogen-bond acceptors (Lipinski definition) is 7. The van der Waals surface area contributed by atoms with Crippen LogP contribution in [0.3, 0.4) is 0 Å². The van der Waals surface area contributed by atoms with Crippen molar-refractivity contribution in [3.63, 3.8) is 0 Å². The van der Waals surface area contributed by atoms with Gasteiger partial charge < -0.3 is 25.2 Å². The van der Waals surface area contributed by atoms with E-state index in [1.165, 1.54) is 7.11 Å². The van der Waals surface area contributed by atoms with Crippen LogP contribution in [0.25, 0.3) is 0 Å². The van der Waals surface area contributed by atoms with Crippen molar-refractivity contribution < 1.29 is 27.8 Å². The number of nitrogens with zero attached hydrogens (tertiary/aromatic N) is 1. The van der Waals surface area contributed by atoms with Gasteiger partial charge in [0.15, 0.2) is 0 Å². The number of anilines is 3. The molecular formula is C32H34ClN3O6S. The zero-order valence-electron chi connectivity index (χ0n) is 24.1. The molecule has 4 aromatic carbocycles. The van der Waals surface area contributed by atoms with Gasteiger partial charge >= 0.3 is 0 Å². The van der Waals surface area contributed by atoms with Gasteiger partial charge in [0.05, 0.1) is 43.8 Å². The standard InChI is InChI=1S/C32H34ClN3O6S/c1-21-9-15-29(41-2)26(18-31(34)38)32(21)36(25-13-11-24(33)12-14-25)19-28(37)23-10-16-30(27(17-23)35-43(3,39)40)42-20-22-7-5-4-6-8-22/h4-17,28,35,37H,18-20H2,1-3H3,(H2,34,38). The molecule has 4 N–H and O–H groups in total. The number of sulfonamides is 1. The average Bonchev–Trinajstić information content (AvgIpc) is 2.96. The fourth-order valence-electron chi connectivity index (χ4n) is 4.77. The molecule has 0 aliphatic rings. The number of ether oxygens (including phenoxy) is 2. The van der Waals surface area contributed by atoms with Crippen molar-refractivity contribution in [2.75, 3.05) is 29.5 Å². The van der Waals surface area contributed by atoms with Crippen molar-refractivity contribution in [2.24, 2.45) is 5.73 Å². The van der Waals surface area contributed by atoms with Crippen LogP contribution in [0.15, 0.2) is 84.9 Å². The summed E-state index contributed by atoms with van der Waals surface area (Å²) in [6, 6.07) is 25.0. The highest BCUT2D eigenvalue weighted by Crippen LogP contribution is 2.39. The molecule has 0 saturated heterocycles. The van der Waals surface area contributed by atoms with Crippen LogP contribution in [0, 0.1) is 6.92 Å². The topological polar surface area (TPSA) is 131 Å². The van der Waals surface area contributed by atoms with Crippen LogP contribution in [0.4, 0.5) is 17.1 Å². The van der Waals surface area contributed by atoms with E-state index in [1.807, 2.05) is 48.2 Å². The van der Waals surface area contributed by atoms with E-state index in [-0.39, 0.29) is 25.3 Å². The van der Waals surface area contributed by atoms with Gasteiger partial charge in [0, 0.05) is 16.3 Å². The van der Waals surface area contributed by atoms with Gasteiger partial charge in [0.1, 0.15) is 18.1 Å².